The predicted molar refractivity (Wildman–Crippen MR) is 129 cm³/mol. The first-order valence-electron chi connectivity index (χ1n) is 11.6. The number of nitrogens with zero attached hydrogens (tertiary/aromatic N) is 2. The van der Waals surface area contributed by atoms with Crippen molar-refractivity contribution in [1.82, 2.24) is 20.3 Å². The fourth-order valence-corrected chi connectivity index (χ4v) is 4.71. The van der Waals surface area contributed by atoms with Crippen LogP contribution in [-0.4, -0.2) is 40.8 Å². The zero-order valence-corrected chi connectivity index (χ0v) is 18.4. The molecule has 1 fully saturated rings. The van der Waals surface area contributed by atoms with E-state index in [1.165, 1.54) is 11.1 Å². The van der Waals surface area contributed by atoms with E-state index in [1.807, 2.05) is 24.5 Å². The van der Waals surface area contributed by atoms with Crippen molar-refractivity contribution in [3.8, 4) is 22.6 Å². The molecule has 0 saturated carbocycles. The van der Waals surface area contributed by atoms with E-state index in [4.69, 9.17) is 9.47 Å². The van der Waals surface area contributed by atoms with Crippen LogP contribution in [0.2, 0.25) is 0 Å². The van der Waals surface area contributed by atoms with Crippen molar-refractivity contribution in [3.63, 3.8) is 0 Å². The minimum atomic E-state index is 0.263. The Kier molecular flexibility index (Phi) is 5.41. The maximum absolute atomic E-state index is 6.39. The van der Waals surface area contributed by atoms with E-state index in [1.54, 1.807) is 6.20 Å². The lowest BCUT2D eigenvalue weighted by atomic mass is 10.0. The quantitative estimate of drug-likeness (QED) is 0.404. The van der Waals surface area contributed by atoms with Gasteiger partial charge in [-0.05, 0) is 72.8 Å². The van der Waals surface area contributed by atoms with Crippen LogP contribution in [0.3, 0.4) is 0 Å². The molecule has 4 aromatic rings. The number of rotatable bonds is 6. The number of nitrogens with one attached hydrogen (secondary N) is 3. The van der Waals surface area contributed by atoms with Crippen LogP contribution < -0.4 is 15.4 Å². The molecule has 1 aromatic carbocycles. The van der Waals surface area contributed by atoms with E-state index in [2.05, 4.69) is 49.9 Å². The lowest BCUT2D eigenvalue weighted by Gasteiger charge is -2.18. The second-order valence-corrected chi connectivity index (χ2v) is 8.64. The summed E-state index contributed by atoms with van der Waals surface area (Å²) in [6.07, 6.45) is 9.15. The molecule has 1 atom stereocenters. The monoisotopic (exact) mass is 441 g/mol. The van der Waals surface area contributed by atoms with Crippen LogP contribution >= 0.6 is 0 Å². The normalized spacial score (nSPS) is 17.8. The third kappa shape index (κ3) is 4.17. The van der Waals surface area contributed by atoms with Gasteiger partial charge in [0, 0.05) is 43.9 Å². The van der Waals surface area contributed by atoms with Gasteiger partial charge < -0.3 is 25.1 Å². The van der Waals surface area contributed by atoms with Gasteiger partial charge in [-0.25, -0.2) is 9.97 Å². The largest absolute Gasteiger partial charge is 0.457 e. The molecular weight excluding hydrogens is 414 g/mol. The molecule has 2 aliphatic rings. The maximum atomic E-state index is 6.39. The topological polar surface area (TPSA) is 84.1 Å². The third-order valence-corrected chi connectivity index (χ3v) is 6.43. The Balaban J connectivity index is 1.30. The molecule has 3 aromatic heterocycles. The number of anilines is 1. The van der Waals surface area contributed by atoms with Crippen molar-refractivity contribution in [2.45, 2.75) is 31.9 Å². The van der Waals surface area contributed by atoms with Gasteiger partial charge in [0.05, 0.1) is 11.5 Å². The first-order valence-corrected chi connectivity index (χ1v) is 11.6. The molecule has 5 heterocycles. The molecule has 0 radical (unpaired) electrons. The van der Waals surface area contributed by atoms with E-state index in [0.717, 1.165) is 85.0 Å². The molecule has 0 amide bonds. The highest BCUT2D eigenvalue weighted by atomic mass is 16.5. The Hall–Kier alpha value is -3.42. The first-order chi connectivity index (χ1) is 16.3. The number of pyridine rings is 2. The molecule has 0 spiro atoms. The summed E-state index contributed by atoms with van der Waals surface area (Å²) >= 11 is 0. The van der Waals surface area contributed by atoms with Gasteiger partial charge in [-0.15, -0.1) is 0 Å². The van der Waals surface area contributed by atoms with Gasteiger partial charge in [0.25, 0.3) is 0 Å². The van der Waals surface area contributed by atoms with Gasteiger partial charge in [-0.2, -0.15) is 0 Å². The van der Waals surface area contributed by atoms with Crippen LogP contribution in [0.1, 0.15) is 24.0 Å². The highest BCUT2D eigenvalue weighted by molar-refractivity contribution is 5.98. The Morgan fingerprint density at radius 1 is 1.09 bits per heavy atom. The third-order valence-electron chi connectivity index (χ3n) is 6.43. The molecule has 3 N–H and O–H groups in total. The number of aromatic amines is 1. The number of ether oxygens (including phenoxy) is 2. The SMILES string of the molecule is c1cc(-c2c[nH]c3nccc(Oc4ccc5c(c4)CNCC5)c23)cc(NC[C@@H]2CCCO2)n1. The molecule has 6 rings (SSSR count). The molecule has 33 heavy (non-hydrogen) atoms. The Bertz CT molecular complexity index is 1280. The van der Waals surface area contributed by atoms with E-state index < -0.39 is 0 Å². The second kappa shape index (κ2) is 8.84. The van der Waals surface area contributed by atoms with E-state index in [-0.39, 0.29) is 6.10 Å². The van der Waals surface area contributed by atoms with E-state index >= 15 is 0 Å². The fourth-order valence-electron chi connectivity index (χ4n) is 4.71. The summed E-state index contributed by atoms with van der Waals surface area (Å²) in [5, 5.41) is 7.82. The molecule has 7 heteroatoms. The van der Waals surface area contributed by atoms with Crippen molar-refractivity contribution in [2.24, 2.45) is 0 Å². The Morgan fingerprint density at radius 2 is 2.06 bits per heavy atom. The zero-order valence-electron chi connectivity index (χ0n) is 18.4. The van der Waals surface area contributed by atoms with E-state index in [9.17, 15) is 0 Å². The highest BCUT2D eigenvalue weighted by Crippen LogP contribution is 2.37. The molecule has 1 saturated heterocycles. The van der Waals surface area contributed by atoms with Crippen molar-refractivity contribution in [2.75, 3.05) is 25.0 Å². The maximum Gasteiger partial charge on any atom is 0.141 e. The summed E-state index contributed by atoms with van der Waals surface area (Å²) < 4.78 is 12.1. The van der Waals surface area contributed by atoms with Crippen molar-refractivity contribution < 1.29 is 9.47 Å². The van der Waals surface area contributed by atoms with Crippen LogP contribution in [0.4, 0.5) is 5.82 Å². The molecule has 168 valence electrons. The molecule has 0 aliphatic carbocycles. The molecule has 2 aliphatic heterocycles. The first kappa shape index (κ1) is 20.2. The molecule has 0 unspecified atom stereocenters. The second-order valence-electron chi connectivity index (χ2n) is 8.64. The zero-order chi connectivity index (χ0) is 22.0. The minimum absolute atomic E-state index is 0.263. The summed E-state index contributed by atoms with van der Waals surface area (Å²) in [5.41, 5.74) is 5.58. The summed E-state index contributed by atoms with van der Waals surface area (Å²) in [6, 6.07) is 12.4. The lowest BCUT2D eigenvalue weighted by Crippen LogP contribution is -2.23. The fraction of sp³-hybridized carbons (Fsp3) is 0.308. The minimum Gasteiger partial charge on any atom is -0.457 e. The van der Waals surface area contributed by atoms with Gasteiger partial charge in [0.15, 0.2) is 0 Å². The van der Waals surface area contributed by atoms with Gasteiger partial charge in [-0.1, -0.05) is 6.07 Å². The van der Waals surface area contributed by atoms with Crippen LogP contribution in [0.15, 0.2) is 55.0 Å². The number of hydrogen-bond donors (Lipinski definition) is 3. The van der Waals surface area contributed by atoms with Crippen molar-refractivity contribution in [1.29, 1.82) is 0 Å². The lowest BCUT2D eigenvalue weighted by molar-refractivity contribution is 0.120. The summed E-state index contributed by atoms with van der Waals surface area (Å²) in [5.74, 6) is 2.46. The van der Waals surface area contributed by atoms with Crippen molar-refractivity contribution in [3.05, 3.63) is 66.1 Å². The average Bonchev–Trinajstić information content (AvgIpc) is 3.54. The molecular formula is C26H27N5O2. The predicted octanol–water partition coefficient (Wildman–Crippen LogP) is 4.65. The average molecular weight is 442 g/mol. The van der Waals surface area contributed by atoms with E-state index in [0.29, 0.717) is 0 Å². The van der Waals surface area contributed by atoms with Crippen LogP contribution in [-0.2, 0) is 17.7 Å². The van der Waals surface area contributed by atoms with Gasteiger partial charge >= 0.3 is 0 Å². The van der Waals surface area contributed by atoms with Gasteiger partial charge in [-0.3, -0.25) is 0 Å². The van der Waals surface area contributed by atoms with Crippen LogP contribution in [0.25, 0.3) is 22.2 Å². The number of aromatic nitrogens is 3. The standard InChI is InChI=1S/C26H27N5O2/c1-2-21(32-11-1)15-30-24-13-18(6-9-28-24)22-16-31-26-25(22)23(7-10-29-26)33-20-4-3-17-5-8-27-14-19(17)12-20/h3-4,6-7,9-10,12-13,16,21,27H,1-2,5,8,11,14-15H2,(H,28,30)(H,29,31)/t21-/m0/s1. The van der Waals surface area contributed by atoms with Crippen LogP contribution in [0, 0.1) is 0 Å². The summed E-state index contributed by atoms with van der Waals surface area (Å²) in [6.45, 7) is 3.53. The smallest absolute Gasteiger partial charge is 0.141 e. The summed E-state index contributed by atoms with van der Waals surface area (Å²) in [4.78, 5) is 12.3. The van der Waals surface area contributed by atoms with Crippen LogP contribution in [0.5, 0.6) is 11.5 Å². The van der Waals surface area contributed by atoms with Gasteiger partial charge in [0.1, 0.15) is 23.0 Å². The number of hydrogen-bond acceptors (Lipinski definition) is 6. The number of benzene rings is 1. The molecule has 7 nitrogen and oxygen atoms in total. The molecule has 0 bridgehead atoms. The van der Waals surface area contributed by atoms with Gasteiger partial charge in [0.2, 0.25) is 0 Å². The highest BCUT2D eigenvalue weighted by Gasteiger charge is 2.17. The summed E-state index contributed by atoms with van der Waals surface area (Å²) in [7, 11) is 0. The Morgan fingerprint density at radius 3 is 3.00 bits per heavy atom. The van der Waals surface area contributed by atoms with Crippen molar-refractivity contribution >= 4 is 16.9 Å². The number of H-pyrrole nitrogens is 1. The Labute approximate surface area is 192 Å². The number of fused-ring (bicyclic) bond motifs is 2.